The van der Waals surface area contributed by atoms with Crippen LogP contribution in [0.3, 0.4) is 0 Å². The Labute approximate surface area is 178 Å². The number of fused-ring (bicyclic) bond motifs is 1. The Balaban J connectivity index is 1.45. The molecule has 3 heterocycles. The van der Waals surface area contributed by atoms with Crippen molar-refractivity contribution in [1.29, 1.82) is 0 Å². The maximum atomic E-state index is 13.2. The van der Waals surface area contributed by atoms with Crippen LogP contribution in [0.5, 0.6) is 17.4 Å². The Kier molecular flexibility index (Phi) is 5.36. The summed E-state index contributed by atoms with van der Waals surface area (Å²) in [4.78, 5) is 30.3. The maximum Gasteiger partial charge on any atom is 0.342 e. The predicted octanol–water partition coefficient (Wildman–Crippen LogP) is 2.95. The summed E-state index contributed by atoms with van der Waals surface area (Å²) in [5.41, 5.74) is 0.587. The lowest BCUT2D eigenvalue weighted by molar-refractivity contribution is -0.120. The molecule has 2 aromatic heterocycles. The topological polar surface area (TPSA) is 98.6 Å². The first-order valence-corrected chi connectivity index (χ1v) is 9.56. The number of ether oxygens (including phenoxy) is 2. The summed E-state index contributed by atoms with van der Waals surface area (Å²) in [7, 11) is 1.60. The van der Waals surface area contributed by atoms with Crippen molar-refractivity contribution in [2.75, 3.05) is 18.6 Å². The molecule has 4 rings (SSSR count). The minimum Gasteiger partial charge on any atom is -0.489 e. The monoisotopic (exact) mass is 475 g/mol. The van der Waals surface area contributed by atoms with Crippen LogP contribution in [0.4, 0.5) is 14.9 Å². The van der Waals surface area contributed by atoms with Crippen LogP contribution in [0.15, 0.2) is 53.3 Å². The van der Waals surface area contributed by atoms with Gasteiger partial charge in [-0.2, -0.15) is 19.2 Å². The van der Waals surface area contributed by atoms with E-state index in [4.69, 9.17) is 9.47 Å². The number of pyridine rings is 1. The van der Waals surface area contributed by atoms with Gasteiger partial charge in [0.1, 0.15) is 18.4 Å². The first kappa shape index (κ1) is 19.8. The maximum absolute atomic E-state index is 13.2. The first-order chi connectivity index (χ1) is 14.4. The Hall–Kier alpha value is -3.47. The lowest BCUT2D eigenvalue weighted by atomic mass is 10.2. The normalized spacial score (nSPS) is 15.8. The summed E-state index contributed by atoms with van der Waals surface area (Å²) in [5, 5.41) is 6.50. The van der Waals surface area contributed by atoms with Crippen molar-refractivity contribution in [2.24, 2.45) is 0 Å². The van der Waals surface area contributed by atoms with Gasteiger partial charge in [-0.15, -0.1) is 0 Å². The SMILES string of the molecule is CN1C(=O)[C@@H](NC(=O)n2cc(Oc3cccc(F)n3)cn2)COc2ccc(Br)cc21. The van der Waals surface area contributed by atoms with Crippen molar-refractivity contribution in [2.45, 2.75) is 6.04 Å². The van der Waals surface area contributed by atoms with Crippen LogP contribution in [0.25, 0.3) is 0 Å². The van der Waals surface area contributed by atoms with E-state index in [0.717, 1.165) is 9.15 Å². The second-order valence-corrected chi connectivity index (χ2v) is 7.26. The van der Waals surface area contributed by atoms with Gasteiger partial charge < -0.3 is 19.7 Å². The number of amides is 2. The quantitative estimate of drug-likeness (QED) is 0.584. The second kappa shape index (κ2) is 8.11. The van der Waals surface area contributed by atoms with E-state index < -0.39 is 18.0 Å². The summed E-state index contributed by atoms with van der Waals surface area (Å²) >= 11 is 3.37. The zero-order valence-electron chi connectivity index (χ0n) is 15.6. The van der Waals surface area contributed by atoms with Crippen LogP contribution in [-0.4, -0.2) is 46.4 Å². The molecule has 1 atom stereocenters. The highest BCUT2D eigenvalue weighted by Crippen LogP contribution is 2.33. The number of nitrogens with zero attached hydrogens (tertiary/aromatic N) is 4. The Bertz CT molecular complexity index is 1120. The fraction of sp³-hybridized carbons (Fsp3) is 0.158. The van der Waals surface area contributed by atoms with Crippen molar-refractivity contribution in [3.8, 4) is 17.4 Å². The van der Waals surface area contributed by atoms with E-state index in [9.17, 15) is 14.0 Å². The number of benzene rings is 1. The average Bonchev–Trinajstić information content (AvgIpc) is 3.15. The molecule has 9 nitrogen and oxygen atoms in total. The van der Waals surface area contributed by atoms with Crippen molar-refractivity contribution < 1.29 is 23.5 Å². The van der Waals surface area contributed by atoms with Crippen LogP contribution in [0.2, 0.25) is 0 Å². The summed E-state index contributed by atoms with van der Waals surface area (Å²) in [6.07, 6.45) is 2.57. The van der Waals surface area contributed by atoms with Crippen LogP contribution in [0.1, 0.15) is 0 Å². The summed E-state index contributed by atoms with van der Waals surface area (Å²) in [6, 6.07) is 7.82. The third kappa shape index (κ3) is 4.10. The van der Waals surface area contributed by atoms with Gasteiger partial charge in [-0.1, -0.05) is 22.0 Å². The van der Waals surface area contributed by atoms with Gasteiger partial charge in [-0.05, 0) is 24.3 Å². The molecule has 0 aliphatic carbocycles. The Morgan fingerprint density at radius 2 is 2.20 bits per heavy atom. The number of hydrogen-bond acceptors (Lipinski definition) is 6. The van der Waals surface area contributed by atoms with Gasteiger partial charge >= 0.3 is 6.03 Å². The number of nitrogens with one attached hydrogen (secondary N) is 1. The van der Waals surface area contributed by atoms with Gasteiger partial charge in [0.05, 0.1) is 18.1 Å². The molecule has 0 radical (unpaired) electrons. The number of carbonyl (C=O) groups excluding carboxylic acids is 2. The third-order valence-corrected chi connectivity index (χ3v) is 4.79. The molecular formula is C19H15BrFN5O4. The van der Waals surface area contributed by atoms with Gasteiger partial charge in [0.15, 0.2) is 5.75 Å². The molecule has 1 aliphatic rings. The van der Waals surface area contributed by atoms with Crippen molar-refractivity contribution in [3.05, 3.63) is 59.2 Å². The lowest BCUT2D eigenvalue weighted by Crippen LogP contribution is -2.50. The molecule has 1 aromatic carbocycles. The van der Waals surface area contributed by atoms with E-state index in [0.29, 0.717) is 11.4 Å². The zero-order valence-corrected chi connectivity index (χ0v) is 17.2. The summed E-state index contributed by atoms with van der Waals surface area (Å²) in [6.45, 7) is -0.0403. The highest BCUT2D eigenvalue weighted by molar-refractivity contribution is 9.10. The molecule has 3 aromatic rings. The number of likely N-dealkylation sites (N-methyl/N-ethyl adjacent to an activating group) is 1. The number of anilines is 1. The summed E-state index contributed by atoms with van der Waals surface area (Å²) in [5.74, 6) is -0.300. The minimum absolute atomic E-state index is 0.0212. The molecule has 2 amide bonds. The molecule has 0 saturated carbocycles. The fourth-order valence-electron chi connectivity index (χ4n) is 2.83. The van der Waals surface area contributed by atoms with Crippen molar-refractivity contribution in [3.63, 3.8) is 0 Å². The number of rotatable bonds is 3. The first-order valence-electron chi connectivity index (χ1n) is 8.76. The smallest absolute Gasteiger partial charge is 0.342 e. The van der Waals surface area contributed by atoms with E-state index in [1.807, 2.05) is 0 Å². The van der Waals surface area contributed by atoms with Crippen molar-refractivity contribution >= 4 is 33.6 Å². The van der Waals surface area contributed by atoms with Crippen molar-refractivity contribution in [1.82, 2.24) is 20.1 Å². The standard InChI is InChI=1S/C19H15BrFN5O4/c1-25-14-7-11(20)5-6-15(14)29-10-13(18(25)27)23-19(28)26-9-12(8-22-26)30-17-4-2-3-16(21)24-17/h2-9,13H,10H2,1H3,(H,23,28)/t13-/m0/s1. The minimum atomic E-state index is -0.924. The average molecular weight is 476 g/mol. The highest BCUT2D eigenvalue weighted by Gasteiger charge is 2.31. The van der Waals surface area contributed by atoms with Crippen LogP contribution in [-0.2, 0) is 4.79 Å². The molecule has 0 spiro atoms. The van der Waals surface area contributed by atoms with E-state index in [1.54, 1.807) is 25.2 Å². The molecule has 1 N–H and O–H groups in total. The number of halogens is 2. The Morgan fingerprint density at radius 1 is 1.37 bits per heavy atom. The molecule has 0 fully saturated rings. The van der Waals surface area contributed by atoms with Gasteiger partial charge in [0.2, 0.25) is 11.8 Å². The van der Waals surface area contributed by atoms with Gasteiger partial charge in [0.25, 0.3) is 5.91 Å². The van der Waals surface area contributed by atoms with Gasteiger partial charge in [0, 0.05) is 17.6 Å². The van der Waals surface area contributed by atoms with Gasteiger partial charge in [-0.25, -0.2) is 4.79 Å². The number of hydrogen-bond donors (Lipinski definition) is 1. The molecule has 0 bridgehead atoms. The third-order valence-electron chi connectivity index (χ3n) is 4.29. The summed E-state index contributed by atoms with van der Waals surface area (Å²) < 4.78 is 26.0. The van der Waals surface area contributed by atoms with Crippen LogP contribution in [0, 0.1) is 5.95 Å². The molecule has 0 saturated heterocycles. The number of aromatic nitrogens is 3. The van der Waals surface area contributed by atoms with Crippen LogP contribution < -0.4 is 19.7 Å². The predicted molar refractivity (Wildman–Crippen MR) is 107 cm³/mol. The fourth-order valence-corrected chi connectivity index (χ4v) is 3.18. The Morgan fingerprint density at radius 3 is 3.00 bits per heavy atom. The molecule has 1 aliphatic heterocycles. The molecule has 30 heavy (non-hydrogen) atoms. The highest BCUT2D eigenvalue weighted by atomic mass is 79.9. The molecular weight excluding hydrogens is 461 g/mol. The zero-order chi connectivity index (χ0) is 21.3. The molecule has 11 heteroatoms. The largest absolute Gasteiger partial charge is 0.489 e. The van der Waals surface area contributed by atoms with Gasteiger partial charge in [-0.3, -0.25) is 4.79 Å². The van der Waals surface area contributed by atoms with E-state index in [2.05, 4.69) is 31.3 Å². The van der Waals surface area contributed by atoms with E-state index in [-0.39, 0.29) is 24.1 Å². The van der Waals surface area contributed by atoms with E-state index >= 15 is 0 Å². The molecule has 0 unspecified atom stereocenters. The van der Waals surface area contributed by atoms with E-state index in [1.165, 1.54) is 35.5 Å². The lowest BCUT2D eigenvalue weighted by Gasteiger charge is -2.20. The second-order valence-electron chi connectivity index (χ2n) is 6.34. The van der Waals surface area contributed by atoms with Crippen LogP contribution >= 0.6 is 15.9 Å². The molecule has 154 valence electrons. The number of carbonyl (C=O) groups is 2.